The Bertz CT molecular complexity index is 2690. The number of aromatic nitrogens is 4. The molecule has 1 aliphatic rings. The quantitative estimate of drug-likeness (QED) is 0.0844. The van der Waals surface area contributed by atoms with Gasteiger partial charge in [-0.1, -0.05) is 12.2 Å². The molecule has 0 atom stereocenters. The summed E-state index contributed by atoms with van der Waals surface area (Å²) >= 11 is 4.07. The van der Waals surface area contributed by atoms with Crippen LogP contribution in [0.1, 0.15) is 25.0 Å². The number of nitrogens with two attached hydrogens (primary N) is 2. The summed E-state index contributed by atoms with van der Waals surface area (Å²) in [6, 6.07) is 36.5. The van der Waals surface area contributed by atoms with E-state index in [0.29, 0.717) is 41.2 Å². The van der Waals surface area contributed by atoms with E-state index in [1.165, 1.54) is 21.5 Å². The van der Waals surface area contributed by atoms with Gasteiger partial charge in [0.2, 0.25) is 0 Å². The number of nitrogen functional groups attached to an aromatic ring is 2. The van der Waals surface area contributed by atoms with E-state index < -0.39 is 7.26 Å². The van der Waals surface area contributed by atoms with E-state index in [-0.39, 0.29) is 0 Å². The van der Waals surface area contributed by atoms with Gasteiger partial charge in [0.05, 0.1) is 11.7 Å². The molecule has 0 amide bonds. The van der Waals surface area contributed by atoms with Crippen LogP contribution in [0.5, 0.6) is 0 Å². The number of nitrogens with zero attached hydrogens (tertiary/aromatic N) is 4. The number of hydrogen-bond donors (Lipinski definition) is 2. The predicted molar refractivity (Wildman–Crippen MR) is 235 cm³/mol. The van der Waals surface area contributed by atoms with Gasteiger partial charge < -0.3 is 0 Å². The van der Waals surface area contributed by atoms with Gasteiger partial charge in [-0.25, -0.2) is 0 Å². The summed E-state index contributed by atoms with van der Waals surface area (Å²) in [5.74, 6) is 0. The Kier molecular flexibility index (Phi) is 11.1. The van der Waals surface area contributed by atoms with Crippen molar-refractivity contribution in [2.75, 3.05) is 24.7 Å². The van der Waals surface area contributed by atoms with Gasteiger partial charge in [0.25, 0.3) is 0 Å². The number of ether oxygens (including phenoxy) is 1. The molecule has 8 rings (SSSR count). The molecule has 4 N–H and O–H groups in total. The summed E-state index contributed by atoms with van der Waals surface area (Å²) in [4.78, 5) is 0. The van der Waals surface area contributed by atoms with E-state index >= 15 is 0 Å². The fourth-order valence-corrected chi connectivity index (χ4v) is 14.4. The first-order valence-corrected chi connectivity index (χ1v) is 22.5. The normalized spacial score (nSPS) is 15.5. The van der Waals surface area contributed by atoms with Gasteiger partial charge in [-0.05, 0) is 6.92 Å². The third kappa shape index (κ3) is 6.74. The number of hydrogen-bond acceptors (Lipinski definition) is 9. The summed E-state index contributed by atoms with van der Waals surface area (Å²) < 4.78 is 28.7. The zero-order chi connectivity index (χ0) is 38.6. The van der Waals surface area contributed by atoms with Crippen molar-refractivity contribution in [3.8, 4) is 15.5 Å². The first-order chi connectivity index (χ1) is 27.5. The molecule has 7 aromatic rings. The summed E-state index contributed by atoms with van der Waals surface area (Å²) in [5, 5.41) is 4.84. The monoisotopic (exact) mass is 964 g/mol. The first kappa shape index (κ1) is 37.8. The fourth-order valence-electron chi connectivity index (χ4n) is 7.45. The zero-order valence-corrected chi connectivity index (χ0v) is 35.7. The van der Waals surface area contributed by atoms with Crippen molar-refractivity contribution in [2.45, 2.75) is 13.8 Å². The molecule has 5 aromatic carbocycles. The first-order valence-electron chi connectivity index (χ1n) is 18.0. The van der Waals surface area contributed by atoms with Gasteiger partial charge in [0, 0.05) is 5.56 Å². The Morgan fingerprint density at radius 3 is 1.61 bits per heavy atom. The van der Waals surface area contributed by atoms with Crippen LogP contribution >= 0.6 is 30.7 Å². The summed E-state index contributed by atoms with van der Waals surface area (Å²) in [5.41, 5.74) is 24.3. The summed E-state index contributed by atoms with van der Waals surface area (Å²) in [7, 11) is -2.51. The van der Waals surface area contributed by atoms with Crippen LogP contribution in [-0.2, 0) is 22.7 Å². The van der Waals surface area contributed by atoms with Crippen molar-refractivity contribution in [1.29, 1.82) is 0 Å². The summed E-state index contributed by atoms with van der Waals surface area (Å²) in [6.45, 7) is 5.14. The molecule has 11 heteroatoms. The zero-order valence-electron chi connectivity index (χ0n) is 30.7. The van der Waals surface area contributed by atoms with Gasteiger partial charge in [-0.2, -0.15) is 4.37 Å². The van der Waals surface area contributed by atoms with Gasteiger partial charge in [0.15, 0.2) is 0 Å². The van der Waals surface area contributed by atoms with E-state index in [2.05, 4.69) is 135 Å². The van der Waals surface area contributed by atoms with Crippen LogP contribution in [0.4, 0.5) is 11.4 Å². The molecule has 56 heavy (non-hydrogen) atoms. The maximum atomic E-state index is 7.00. The van der Waals surface area contributed by atoms with Crippen LogP contribution in [0.15, 0.2) is 149 Å². The van der Waals surface area contributed by atoms with Crippen LogP contribution in [-0.4, -0.2) is 30.7 Å². The van der Waals surface area contributed by atoms with E-state index in [1.807, 2.05) is 31.2 Å². The van der Waals surface area contributed by atoms with Crippen molar-refractivity contribution in [1.82, 2.24) is 17.5 Å². The van der Waals surface area contributed by atoms with Crippen LogP contribution in [0.3, 0.4) is 0 Å². The molecule has 3 heterocycles. The summed E-state index contributed by atoms with van der Waals surface area (Å²) in [6.07, 6.45) is 12.7. The van der Waals surface area contributed by atoms with Gasteiger partial charge >= 0.3 is 306 Å². The Hall–Kier alpha value is -5.15. The van der Waals surface area contributed by atoms with Crippen molar-refractivity contribution < 1.29 is 22.7 Å². The van der Waals surface area contributed by atoms with Gasteiger partial charge in [-0.3, -0.25) is 0 Å². The Morgan fingerprint density at radius 1 is 0.679 bits per heavy atom. The number of benzene rings is 5. The molecule has 0 radical (unpaired) electrons. The SMILES string of the molecule is CC=C1COCC1=CC(/C=C/c1cc(N)c(-c2c(N)cc(/C=C/C)c3nsnc23)c2nsnc12)=C([C]#[Os])[P+](c1ccccc1)(c1ccccc1)c1ccccc1. The second kappa shape index (κ2) is 16.5. The minimum absolute atomic E-state index is 0.528. The van der Waals surface area contributed by atoms with Gasteiger partial charge in [-0.15, -0.1) is 0 Å². The number of fused-ring (bicyclic) bond motifs is 2. The molecule has 7 nitrogen and oxygen atoms in total. The van der Waals surface area contributed by atoms with Crippen LogP contribution < -0.4 is 27.4 Å². The molecule has 0 unspecified atom stereocenters. The fraction of sp³-hybridized carbons (Fsp3) is 0.0889. The average molecular weight is 963 g/mol. The molecule has 277 valence electrons. The number of rotatable bonds is 9. The Balaban J connectivity index is 1.40. The van der Waals surface area contributed by atoms with E-state index in [1.54, 1.807) is 17.9 Å². The average Bonchev–Trinajstić information content (AvgIpc) is 4.03. The maximum absolute atomic E-state index is 7.00. The predicted octanol–water partition coefficient (Wildman–Crippen LogP) is 9.23. The molecule has 0 aliphatic carbocycles. The standard InChI is InChI=1S/C45H37N6OPS2.Os/c1-4-15-32-25-38(46)40(44-42(32)48-54-50-44)41-39(47)26-33(43-45(41)51-55-49-43)23-22-31(24-34-28-52-27-30(34)5-2)29(3)53(35-16-9-6-10-17-35,36-18-11-7-12-19-36)37-20-13-8-14-21-37;/h4-26H,27-28,46-47H2,1-2H3;/q+1;/b15-4+,23-22+,30-5?,31-29?,34-24?;. The molecule has 0 bridgehead atoms. The van der Waals surface area contributed by atoms with E-state index in [0.717, 1.165) is 67.6 Å². The molecule has 1 saturated heterocycles. The molecule has 0 saturated carbocycles. The van der Waals surface area contributed by atoms with Gasteiger partial charge in [0.1, 0.15) is 0 Å². The van der Waals surface area contributed by atoms with E-state index in [4.69, 9.17) is 25.0 Å². The van der Waals surface area contributed by atoms with E-state index in [9.17, 15) is 0 Å². The molecule has 1 fully saturated rings. The third-order valence-electron chi connectivity index (χ3n) is 9.96. The Morgan fingerprint density at radius 2 is 1.14 bits per heavy atom. The molecule has 0 spiro atoms. The van der Waals surface area contributed by atoms with Crippen LogP contribution in [0.2, 0.25) is 0 Å². The van der Waals surface area contributed by atoms with Crippen LogP contribution in [0, 0.1) is 4.37 Å². The minimum atomic E-state index is -2.51. The Labute approximate surface area is 344 Å². The topological polar surface area (TPSA) is 113 Å². The van der Waals surface area contributed by atoms with Crippen molar-refractivity contribution in [3.63, 3.8) is 0 Å². The molecule has 2 aromatic heterocycles. The third-order valence-corrected chi connectivity index (χ3v) is 16.4. The number of anilines is 2. The van der Waals surface area contributed by atoms with Crippen molar-refractivity contribution >= 4 is 92.2 Å². The second-order valence-corrected chi connectivity index (χ2v) is 18.2. The van der Waals surface area contributed by atoms with Crippen molar-refractivity contribution in [3.05, 3.63) is 161 Å². The number of allylic oxidation sites excluding steroid dienone is 6. The van der Waals surface area contributed by atoms with Crippen molar-refractivity contribution in [2.24, 2.45) is 0 Å². The van der Waals surface area contributed by atoms with Crippen LogP contribution in [0.25, 0.3) is 45.3 Å². The molecular weight excluding hydrogens is 926 g/mol. The molecular formula is C45H37N6OOsPS2+. The second-order valence-electron chi connectivity index (χ2n) is 13.2. The molecule has 1 aliphatic heterocycles.